The second-order valence-electron chi connectivity index (χ2n) is 3.26. The fourth-order valence-corrected chi connectivity index (χ4v) is 1.40. The van der Waals surface area contributed by atoms with E-state index >= 15 is 0 Å². The maximum Gasteiger partial charge on any atom is 0.160 e. The van der Waals surface area contributed by atoms with Gasteiger partial charge in [-0.1, -0.05) is 6.07 Å². The predicted octanol–water partition coefficient (Wildman–Crippen LogP) is 0.619. The van der Waals surface area contributed by atoms with E-state index in [1.807, 2.05) is 29.5 Å². The third-order valence-corrected chi connectivity index (χ3v) is 1.95. The lowest BCUT2D eigenvalue weighted by molar-refractivity contribution is 0.714. The van der Waals surface area contributed by atoms with Gasteiger partial charge in [-0.3, -0.25) is 4.40 Å². The van der Waals surface area contributed by atoms with E-state index < -0.39 is 0 Å². The van der Waals surface area contributed by atoms with Gasteiger partial charge in [-0.15, -0.1) is 10.2 Å². The molecule has 0 saturated heterocycles. The zero-order valence-electron chi connectivity index (χ0n) is 7.51. The normalized spacial score (nSPS) is 13.4. The van der Waals surface area contributed by atoms with Crippen LogP contribution in [0.15, 0.2) is 24.5 Å². The first-order valence-electron chi connectivity index (χ1n) is 4.30. The summed E-state index contributed by atoms with van der Waals surface area (Å²) in [4.78, 5) is 0. The van der Waals surface area contributed by atoms with Crippen molar-refractivity contribution in [2.24, 2.45) is 5.73 Å². The molecule has 1 atom stereocenters. The molecule has 2 aromatic heterocycles. The average molecular weight is 176 g/mol. The Labute approximate surface area is 76.4 Å². The molecule has 2 heterocycles. The summed E-state index contributed by atoms with van der Waals surface area (Å²) in [5.74, 6) is 0. The van der Waals surface area contributed by atoms with Crippen LogP contribution in [0.3, 0.4) is 0 Å². The summed E-state index contributed by atoms with van der Waals surface area (Å²) in [6.45, 7) is 1.99. The Hall–Kier alpha value is -1.42. The van der Waals surface area contributed by atoms with Gasteiger partial charge in [-0.2, -0.15) is 0 Å². The largest absolute Gasteiger partial charge is 0.328 e. The van der Waals surface area contributed by atoms with Gasteiger partial charge in [0, 0.05) is 18.2 Å². The summed E-state index contributed by atoms with van der Waals surface area (Å²) in [6.07, 6.45) is 2.56. The van der Waals surface area contributed by atoms with Crippen molar-refractivity contribution in [3.63, 3.8) is 0 Å². The lowest BCUT2D eigenvalue weighted by atomic mass is 10.2. The maximum atomic E-state index is 5.73. The van der Waals surface area contributed by atoms with E-state index in [0.717, 1.165) is 17.8 Å². The first kappa shape index (κ1) is 8.19. The molecule has 2 rings (SSSR count). The molecule has 4 nitrogen and oxygen atoms in total. The fourth-order valence-electron chi connectivity index (χ4n) is 1.40. The highest BCUT2D eigenvalue weighted by atomic mass is 15.2. The number of aromatic nitrogens is 3. The maximum absolute atomic E-state index is 5.73. The quantitative estimate of drug-likeness (QED) is 0.729. The molecule has 0 aliphatic carbocycles. The van der Waals surface area contributed by atoms with Crippen molar-refractivity contribution in [1.82, 2.24) is 14.6 Å². The summed E-state index contributed by atoms with van der Waals surface area (Å²) in [5, 5.41) is 7.80. The monoisotopic (exact) mass is 176 g/mol. The Balaban J connectivity index is 2.48. The molecule has 0 bridgehead atoms. The molecule has 0 aliphatic heterocycles. The van der Waals surface area contributed by atoms with E-state index in [9.17, 15) is 0 Å². The highest BCUT2D eigenvalue weighted by Gasteiger charge is 2.02. The van der Waals surface area contributed by atoms with Gasteiger partial charge in [-0.25, -0.2) is 0 Å². The minimum atomic E-state index is 0.160. The van der Waals surface area contributed by atoms with E-state index in [2.05, 4.69) is 10.2 Å². The lowest BCUT2D eigenvalue weighted by Gasteiger charge is -2.06. The van der Waals surface area contributed by atoms with Crippen molar-refractivity contribution >= 4 is 5.65 Å². The summed E-state index contributed by atoms with van der Waals surface area (Å²) in [5.41, 5.74) is 7.75. The van der Waals surface area contributed by atoms with Crippen molar-refractivity contribution in [2.75, 3.05) is 0 Å². The van der Waals surface area contributed by atoms with Crippen molar-refractivity contribution in [3.8, 4) is 0 Å². The van der Waals surface area contributed by atoms with Crippen molar-refractivity contribution in [2.45, 2.75) is 19.4 Å². The van der Waals surface area contributed by atoms with Crippen LogP contribution in [-0.4, -0.2) is 20.6 Å². The lowest BCUT2D eigenvalue weighted by Crippen LogP contribution is -2.19. The number of hydrogen-bond acceptors (Lipinski definition) is 3. The highest BCUT2D eigenvalue weighted by Crippen LogP contribution is 2.05. The van der Waals surface area contributed by atoms with Gasteiger partial charge in [0.1, 0.15) is 6.33 Å². The van der Waals surface area contributed by atoms with Crippen molar-refractivity contribution < 1.29 is 0 Å². The minimum Gasteiger partial charge on any atom is -0.328 e. The molecule has 0 aromatic carbocycles. The number of fused-ring (bicyclic) bond motifs is 1. The smallest absolute Gasteiger partial charge is 0.160 e. The molecule has 0 spiro atoms. The molecule has 0 amide bonds. The summed E-state index contributed by atoms with van der Waals surface area (Å²) in [7, 11) is 0. The molecule has 0 radical (unpaired) electrons. The zero-order valence-corrected chi connectivity index (χ0v) is 7.51. The van der Waals surface area contributed by atoms with Gasteiger partial charge in [0.05, 0.1) is 0 Å². The average Bonchev–Trinajstić information content (AvgIpc) is 2.51. The third kappa shape index (κ3) is 1.53. The molecule has 0 saturated carbocycles. The molecular formula is C9H12N4. The molecular weight excluding hydrogens is 164 g/mol. The molecule has 13 heavy (non-hydrogen) atoms. The van der Waals surface area contributed by atoms with Gasteiger partial charge >= 0.3 is 0 Å². The second kappa shape index (κ2) is 3.14. The number of hydrogen-bond donors (Lipinski definition) is 1. The molecule has 68 valence electrons. The van der Waals surface area contributed by atoms with Crippen LogP contribution < -0.4 is 5.73 Å². The van der Waals surface area contributed by atoms with Gasteiger partial charge in [0.25, 0.3) is 0 Å². The van der Waals surface area contributed by atoms with Crippen LogP contribution in [0.4, 0.5) is 0 Å². The summed E-state index contributed by atoms with van der Waals surface area (Å²) >= 11 is 0. The third-order valence-electron chi connectivity index (χ3n) is 1.95. The molecule has 2 aromatic rings. The van der Waals surface area contributed by atoms with Gasteiger partial charge in [0.15, 0.2) is 5.65 Å². The number of pyridine rings is 1. The Morgan fingerprint density at radius 2 is 2.38 bits per heavy atom. The number of nitrogens with zero attached hydrogens (tertiary/aromatic N) is 3. The Morgan fingerprint density at radius 1 is 1.54 bits per heavy atom. The first-order valence-corrected chi connectivity index (χ1v) is 4.30. The van der Waals surface area contributed by atoms with E-state index in [-0.39, 0.29) is 6.04 Å². The van der Waals surface area contributed by atoms with Crippen molar-refractivity contribution in [3.05, 3.63) is 30.2 Å². The number of nitrogens with two attached hydrogens (primary N) is 1. The Morgan fingerprint density at radius 3 is 3.15 bits per heavy atom. The summed E-state index contributed by atoms with van der Waals surface area (Å²) < 4.78 is 1.96. The predicted molar refractivity (Wildman–Crippen MR) is 50.3 cm³/mol. The molecule has 1 unspecified atom stereocenters. The van der Waals surface area contributed by atoms with Gasteiger partial charge in [-0.05, 0) is 19.1 Å². The van der Waals surface area contributed by atoms with Crippen LogP contribution in [0.25, 0.3) is 5.65 Å². The minimum absolute atomic E-state index is 0.160. The van der Waals surface area contributed by atoms with Crippen LogP contribution in [0.2, 0.25) is 0 Å². The van der Waals surface area contributed by atoms with E-state index in [1.165, 1.54) is 0 Å². The first-order chi connectivity index (χ1) is 6.27. The van der Waals surface area contributed by atoms with E-state index in [1.54, 1.807) is 6.33 Å². The van der Waals surface area contributed by atoms with Gasteiger partial charge in [0.2, 0.25) is 0 Å². The van der Waals surface area contributed by atoms with Crippen LogP contribution in [0.5, 0.6) is 0 Å². The fraction of sp³-hybridized carbons (Fsp3) is 0.333. The second-order valence-corrected chi connectivity index (χ2v) is 3.26. The van der Waals surface area contributed by atoms with Crippen LogP contribution >= 0.6 is 0 Å². The van der Waals surface area contributed by atoms with Gasteiger partial charge < -0.3 is 5.73 Å². The van der Waals surface area contributed by atoms with Crippen LogP contribution in [0.1, 0.15) is 12.6 Å². The summed E-state index contributed by atoms with van der Waals surface area (Å²) in [6, 6.07) is 6.10. The van der Waals surface area contributed by atoms with Crippen LogP contribution in [0, 0.1) is 0 Å². The molecule has 0 aliphatic rings. The number of rotatable bonds is 2. The standard InChI is InChI=1S/C9H12N4/c1-7(10)5-8-3-2-4-9-12-11-6-13(8)9/h2-4,6-7H,5,10H2,1H3. The van der Waals surface area contributed by atoms with E-state index in [4.69, 9.17) is 5.73 Å². The molecule has 0 fully saturated rings. The zero-order chi connectivity index (χ0) is 9.26. The molecule has 2 N–H and O–H groups in total. The van der Waals surface area contributed by atoms with Crippen LogP contribution in [-0.2, 0) is 6.42 Å². The topological polar surface area (TPSA) is 56.2 Å². The SMILES string of the molecule is CC(N)Cc1cccc2nncn12. The Bertz CT molecular complexity index is 405. The van der Waals surface area contributed by atoms with Crippen molar-refractivity contribution in [1.29, 1.82) is 0 Å². The highest BCUT2D eigenvalue weighted by molar-refractivity contribution is 5.38. The molecule has 4 heteroatoms. The van der Waals surface area contributed by atoms with E-state index in [0.29, 0.717) is 0 Å². The Kier molecular flexibility index (Phi) is 1.98.